The fraction of sp³-hybridized carbons (Fsp3) is 0.0833. The van der Waals surface area contributed by atoms with Gasteiger partial charge in [-0.15, -0.1) is 0 Å². The molecule has 4 nitrogen and oxygen atoms in total. The zero-order valence-corrected chi connectivity index (χ0v) is 18.3. The van der Waals surface area contributed by atoms with E-state index in [0.29, 0.717) is 16.3 Å². The van der Waals surface area contributed by atoms with Crippen molar-refractivity contribution < 1.29 is 14.7 Å². The molecule has 0 saturated carbocycles. The minimum atomic E-state index is -0.771. The average molecular weight is 483 g/mol. The van der Waals surface area contributed by atoms with Crippen LogP contribution in [0, 0.1) is 6.92 Å². The van der Waals surface area contributed by atoms with Crippen molar-refractivity contribution in [3.05, 3.63) is 105 Å². The van der Waals surface area contributed by atoms with E-state index in [1.165, 1.54) is 4.90 Å². The first kappa shape index (κ1) is 20.4. The van der Waals surface area contributed by atoms with Gasteiger partial charge in [-0.1, -0.05) is 76.1 Å². The van der Waals surface area contributed by atoms with E-state index in [2.05, 4.69) is 15.9 Å². The number of hydrogen-bond donors (Lipinski definition) is 1. The van der Waals surface area contributed by atoms with Gasteiger partial charge in [-0.2, -0.15) is 0 Å². The highest BCUT2D eigenvalue weighted by Crippen LogP contribution is 2.43. The number of ketones is 1. The molecule has 0 aliphatic carbocycles. The number of benzene rings is 3. The summed E-state index contributed by atoms with van der Waals surface area (Å²) in [6.07, 6.45) is 0. The second kappa shape index (κ2) is 8.09. The summed E-state index contributed by atoms with van der Waals surface area (Å²) in [5, 5.41) is 11.5. The number of carbonyl (C=O) groups is 2. The summed E-state index contributed by atoms with van der Waals surface area (Å²) >= 11 is 9.56. The van der Waals surface area contributed by atoms with Crippen molar-refractivity contribution in [1.29, 1.82) is 0 Å². The molecule has 1 unspecified atom stereocenters. The molecule has 1 amide bonds. The summed E-state index contributed by atoms with van der Waals surface area (Å²) < 4.78 is 0.841. The second-order valence-corrected chi connectivity index (χ2v) is 8.37. The van der Waals surface area contributed by atoms with Crippen molar-refractivity contribution in [3.8, 4) is 0 Å². The third-order valence-corrected chi connectivity index (χ3v) is 5.87. The smallest absolute Gasteiger partial charge is 0.300 e. The molecule has 0 radical (unpaired) electrons. The molecule has 0 spiro atoms. The molecule has 6 heteroatoms. The monoisotopic (exact) mass is 481 g/mol. The van der Waals surface area contributed by atoms with Gasteiger partial charge in [-0.25, -0.2) is 0 Å². The first-order valence-electron chi connectivity index (χ1n) is 9.26. The first-order chi connectivity index (χ1) is 14.4. The van der Waals surface area contributed by atoms with Crippen LogP contribution in [0.1, 0.15) is 22.7 Å². The summed E-state index contributed by atoms with van der Waals surface area (Å²) in [7, 11) is 0. The lowest BCUT2D eigenvalue weighted by atomic mass is 9.95. The van der Waals surface area contributed by atoms with Crippen LogP contribution in [0.25, 0.3) is 5.76 Å². The van der Waals surface area contributed by atoms with E-state index in [9.17, 15) is 14.7 Å². The molecule has 1 saturated heterocycles. The number of amides is 1. The summed E-state index contributed by atoms with van der Waals surface area (Å²) in [4.78, 5) is 27.7. The Kier molecular flexibility index (Phi) is 5.50. The molecule has 1 heterocycles. The Labute approximate surface area is 187 Å². The number of rotatable bonds is 3. The molecule has 0 aromatic heterocycles. The molecule has 1 aliphatic heterocycles. The lowest BCUT2D eigenvalue weighted by molar-refractivity contribution is -0.132. The highest BCUT2D eigenvalue weighted by Gasteiger charge is 2.47. The van der Waals surface area contributed by atoms with Crippen molar-refractivity contribution in [2.75, 3.05) is 4.90 Å². The minimum absolute atomic E-state index is 0.0490. The molecule has 3 aromatic carbocycles. The molecule has 1 atom stereocenters. The zero-order valence-electron chi connectivity index (χ0n) is 16.0. The maximum Gasteiger partial charge on any atom is 0.300 e. The van der Waals surface area contributed by atoms with Gasteiger partial charge >= 0.3 is 0 Å². The van der Waals surface area contributed by atoms with E-state index in [0.717, 1.165) is 15.6 Å². The number of halogens is 2. The number of nitrogens with zero attached hydrogens (tertiary/aromatic N) is 1. The van der Waals surface area contributed by atoms with Gasteiger partial charge in [0.25, 0.3) is 11.7 Å². The van der Waals surface area contributed by atoms with Crippen molar-refractivity contribution in [3.63, 3.8) is 0 Å². The summed E-state index contributed by atoms with van der Waals surface area (Å²) in [5.74, 6) is -1.64. The molecule has 1 N–H and O–H groups in total. The number of aryl methyl sites for hydroxylation is 1. The summed E-state index contributed by atoms with van der Waals surface area (Å²) in [6, 6.07) is 20.5. The van der Waals surface area contributed by atoms with Gasteiger partial charge in [-0.05, 0) is 42.3 Å². The predicted molar refractivity (Wildman–Crippen MR) is 122 cm³/mol. The topological polar surface area (TPSA) is 57.6 Å². The number of aliphatic hydroxyl groups excluding tert-OH is 1. The highest BCUT2D eigenvalue weighted by atomic mass is 79.9. The van der Waals surface area contributed by atoms with Crippen LogP contribution in [0.5, 0.6) is 0 Å². The van der Waals surface area contributed by atoms with Crippen molar-refractivity contribution >= 4 is 50.7 Å². The third kappa shape index (κ3) is 3.55. The van der Waals surface area contributed by atoms with Gasteiger partial charge in [0.2, 0.25) is 0 Å². The van der Waals surface area contributed by atoms with E-state index >= 15 is 0 Å². The molecule has 0 bridgehead atoms. The van der Waals surface area contributed by atoms with E-state index in [-0.39, 0.29) is 11.3 Å². The number of aliphatic hydroxyl groups is 1. The standard InChI is InChI=1S/C24H17BrClNO3/c1-14-7-12-18(26)13-19(14)27-21(15-5-3-2-4-6-15)20(23(29)24(27)30)22(28)16-8-10-17(25)11-9-16/h2-13,21,28H,1H3/b22-20+. The molecule has 30 heavy (non-hydrogen) atoms. The number of hydrogen-bond acceptors (Lipinski definition) is 3. The van der Waals surface area contributed by atoms with Crippen molar-refractivity contribution in [2.45, 2.75) is 13.0 Å². The Hall–Kier alpha value is -2.89. The Morgan fingerprint density at radius 3 is 2.33 bits per heavy atom. The minimum Gasteiger partial charge on any atom is -0.507 e. The Balaban J connectivity index is 1.97. The largest absolute Gasteiger partial charge is 0.507 e. The summed E-state index contributed by atoms with van der Waals surface area (Å²) in [6.45, 7) is 1.85. The van der Waals surface area contributed by atoms with Crippen molar-refractivity contribution in [2.24, 2.45) is 0 Å². The SMILES string of the molecule is Cc1ccc(Cl)cc1N1C(=O)C(=O)/C(=C(/O)c2ccc(Br)cc2)C1c1ccccc1. The van der Waals surface area contributed by atoms with Crippen LogP contribution in [0.4, 0.5) is 5.69 Å². The number of carbonyl (C=O) groups excluding carboxylic acids is 2. The van der Waals surface area contributed by atoms with Gasteiger partial charge in [0.05, 0.1) is 11.6 Å². The highest BCUT2D eigenvalue weighted by molar-refractivity contribution is 9.10. The van der Waals surface area contributed by atoms with Crippen LogP contribution >= 0.6 is 27.5 Å². The maximum atomic E-state index is 13.1. The van der Waals surface area contributed by atoms with Gasteiger partial charge in [0.15, 0.2) is 0 Å². The van der Waals surface area contributed by atoms with Crippen molar-refractivity contribution in [1.82, 2.24) is 0 Å². The molecular formula is C24H17BrClNO3. The fourth-order valence-electron chi connectivity index (χ4n) is 3.64. The normalized spacial score (nSPS) is 18.1. The Morgan fingerprint density at radius 2 is 1.67 bits per heavy atom. The van der Waals surface area contributed by atoms with Crippen LogP contribution in [0.2, 0.25) is 5.02 Å². The van der Waals surface area contributed by atoms with Gasteiger partial charge in [-0.3, -0.25) is 14.5 Å². The Bertz CT molecular complexity index is 1170. The van der Waals surface area contributed by atoms with E-state index < -0.39 is 17.7 Å². The number of Topliss-reactive ketones (excluding diaryl/α,β-unsaturated/α-hetero) is 1. The molecule has 4 rings (SSSR count). The van der Waals surface area contributed by atoms with E-state index in [1.54, 1.807) is 42.5 Å². The summed E-state index contributed by atoms with van der Waals surface area (Å²) in [5.41, 5.74) is 2.56. The van der Waals surface area contributed by atoms with Crippen LogP contribution in [-0.4, -0.2) is 16.8 Å². The Morgan fingerprint density at radius 1 is 1.00 bits per heavy atom. The molecule has 1 aliphatic rings. The third-order valence-electron chi connectivity index (χ3n) is 5.11. The van der Waals surface area contributed by atoms with Gasteiger partial charge < -0.3 is 5.11 Å². The lowest BCUT2D eigenvalue weighted by Crippen LogP contribution is -2.30. The lowest BCUT2D eigenvalue weighted by Gasteiger charge is -2.27. The van der Waals surface area contributed by atoms with E-state index in [1.807, 2.05) is 37.3 Å². The van der Waals surface area contributed by atoms with Gasteiger partial charge in [0.1, 0.15) is 5.76 Å². The second-order valence-electron chi connectivity index (χ2n) is 7.02. The van der Waals surface area contributed by atoms with Crippen LogP contribution in [0.15, 0.2) is 82.8 Å². The quantitative estimate of drug-likeness (QED) is 0.281. The first-order valence-corrected chi connectivity index (χ1v) is 10.4. The maximum absolute atomic E-state index is 13.1. The zero-order chi connectivity index (χ0) is 21.4. The molecule has 1 fully saturated rings. The predicted octanol–water partition coefficient (Wildman–Crippen LogP) is 6.04. The van der Waals surface area contributed by atoms with E-state index in [4.69, 9.17) is 11.6 Å². The average Bonchev–Trinajstić information content (AvgIpc) is 3.01. The van der Waals surface area contributed by atoms with Gasteiger partial charge in [0, 0.05) is 20.7 Å². The fourth-order valence-corrected chi connectivity index (χ4v) is 4.07. The van der Waals surface area contributed by atoms with Crippen LogP contribution < -0.4 is 4.90 Å². The molecular weight excluding hydrogens is 466 g/mol. The van der Waals surface area contributed by atoms with Crippen LogP contribution in [0.3, 0.4) is 0 Å². The molecule has 150 valence electrons. The van der Waals surface area contributed by atoms with Crippen LogP contribution in [-0.2, 0) is 9.59 Å². The number of anilines is 1. The molecule has 3 aromatic rings.